The van der Waals surface area contributed by atoms with Crippen LogP contribution in [0.25, 0.3) is 0 Å². The fourth-order valence-corrected chi connectivity index (χ4v) is 10.7. The average Bonchev–Trinajstić information content (AvgIpc) is 3.42. The van der Waals surface area contributed by atoms with Crippen molar-refractivity contribution in [3.05, 3.63) is 250 Å². The lowest BCUT2D eigenvalue weighted by molar-refractivity contribution is 0.112. The Kier molecular flexibility index (Phi) is 18.2. The molecule has 2 atom stereocenters. The number of carbonyl (C=O) groups excluding carboxylic acids is 1. The van der Waals surface area contributed by atoms with E-state index in [1.54, 1.807) is 0 Å². The molecule has 8 rings (SSSR count). The van der Waals surface area contributed by atoms with Crippen LogP contribution in [0.2, 0.25) is 0 Å². The summed E-state index contributed by atoms with van der Waals surface area (Å²) in [5, 5.41) is 9.52. The monoisotopic (exact) mass is 1050 g/mol. The average molecular weight is 1050 g/mol. The number of anilines is 6. The topological polar surface area (TPSA) is 43.8 Å². The van der Waals surface area contributed by atoms with Gasteiger partial charge in [-0.15, -0.1) is 0 Å². The molecule has 0 aliphatic rings. The van der Waals surface area contributed by atoms with Crippen LogP contribution in [0.15, 0.2) is 194 Å². The number of aliphatic hydroxyl groups is 1. The Hall–Kier alpha value is -7.01. The minimum atomic E-state index is 0.0352. The molecule has 0 aliphatic heterocycles. The van der Waals surface area contributed by atoms with Crippen molar-refractivity contribution in [2.45, 2.75) is 158 Å². The summed E-state index contributed by atoms with van der Waals surface area (Å²) in [6.45, 7) is 38.5. The van der Waals surface area contributed by atoms with Gasteiger partial charge in [-0.3, -0.25) is 4.79 Å². The molecule has 0 amide bonds. The van der Waals surface area contributed by atoms with Crippen LogP contribution in [-0.2, 0) is 28.3 Å². The standard InChI is InChI=1S/C38H47NO.C37H43NO/c1-36(2,3)30-16-22-33(23-17-30)39(34-24-18-31(19-25-34)37(4,5)6)32-20-14-29(15-21-32)35(38(7,8)9)28-12-10-27(26-40)11-13-28;1-26(2)35(28-11-9-27(25-39)10-12-28)29-13-19-32(20-14-29)38(33-21-15-30(16-22-33)36(3,4)5)34-23-17-31(18-24-34)37(6,7)8/h10-25,35,40H,26H2,1-9H3;9-26,35H,1-8H3. The van der Waals surface area contributed by atoms with Gasteiger partial charge in [0.2, 0.25) is 0 Å². The largest absolute Gasteiger partial charge is 0.392 e. The maximum Gasteiger partial charge on any atom is 0.150 e. The Morgan fingerprint density at radius 3 is 0.823 bits per heavy atom. The summed E-state index contributed by atoms with van der Waals surface area (Å²) in [6, 6.07) is 70.4. The van der Waals surface area contributed by atoms with E-state index in [0.29, 0.717) is 11.5 Å². The van der Waals surface area contributed by atoms with Gasteiger partial charge in [-0.1, -0.05) is 239 Å². The third-order valence-corrected chi connectivity index (χ3v) is 15.4. The zero-order chi connectivity index (χ0) is 57.7. The molecule has 1 N–H and O–H groups in total. The van der Waals surface area contributed by atoms with E-state index in [-0.39, 0.29) is 45.5 Å². The summed E-state index contributed by atoms with van der Waals surface area (Å²) >= 11 is 0. The second-order valence-corrected chi connectivity index (χ2v) is 27.2. The van der Waals surface area contributed by atoms with E-state index in [1.165, 1.54) is 44.5 Å². The Labute approximate surface area is 476 Å². The van der Waals surface area contributed by atoms with Gasteiger partial charge in [0.25, 0.3) is 0 Å². The zero-order valence-electron chi connectivity index (χ0n) is 50.7. The fourth-order valence-electron chi connectivity index (χ4n) is 10.7. The van der Waals surface area contributed by atoms with Gasteiger partial charge < -0.3 is 14.9 Å². The normalized spacial score (nSPS) is 13.1. The van der Waals surface area contributed by atoms with Gasteiger partial charge in [0, 0.05) is 51.5 Å². The minimum Gasteiger partial charge on any atom is -0.392 e. The van der Waals surface area contributed by atoms with Gasteiger partial charge in [0.05, 0.1) is 6.61 Å². The minimum absolute atomic E-state index is 0.0352. The molecule has 0 aromatic heterocycles. The molecule has 0 saturated carbocycles. The van der Waals surface area contributed by atoms with Crippen LogP contribution in [0.3, 0.4) is 0 Å². The molecule has 79 heavy (non-hydrogen) atoms. The summed E-state index contributed by atoms with van der Waals surface area (Å²) < 4.78 is 0. The molecule has 412 valence electrons. The first-order chi connectivity index (χ1) is 37.1. The lowest BCUT2D eigenvalue weighted by Crippen LogP contribution is -2.20. The summed E-state index contributed by atoms with van der Waals surface area (Å²) in [7, 11) is 0. The first-order valence-corrected chi connectivity index (χ1v) is 28.5. The van der Waals surface area contributed by atoms with Crippen LogP contribution in [0.5, 0.6) is 0 Å². The number of aldehydes is 1. The van der Waals surface area contributed by atoms with E-state index in [9.17, 15) is 9.90 Å². The van der Waals surface area contributed by atoms with Crippen LogP contribution >= 0.6 is 0 Å². The van der Waals surface area contributed by atoms with Crippen molar-refractivity contribution < 1.29 is 9.90 Å². The van der Waals surface area contributed by atoms with E-state index in [0.717, 1.165) is 46.0 Å². The molecule has 4 nitrogen and oxygen atoms in total. The number of benzene rings is 8. The molecule has 0 fully saturated rings. The molecule has 4 heteroatoms. The van der Waals surface area contributed by atoms with Gasteiger partial charge >= 0.3 is 0 Å². The zero-order valence-corrected chi connectivity index (χ0v) is 50.7. The molecule has 0 radical (unpaired) electrons. The van der Waals surface area contributed by atoms with E-state index < -0.39 is 0 Å². The maximum absolute atomic E-state index is 11.2. The first kappa shape index (κ1) is 59.6. The Morgan fingerprint density at radius 1 is 0.354 bits per heavy atom. The van der Waals surface area contributed by atoms with E-state index in [1.807, 2.05) is 24.3 Å². The van der Waals surface area contributed by atoms with E-state index in [2.05, 4.69) is 297 Å². The van der Waals surface area contributed by atoms with Gasteiger partial charge in [-0.05, 0) is 156 Å². The predicted octanol–water partition coefficient (Wildman–Crippen LogP) is 20.8. The summed E-state index contributed by atoms with van der Waals surface area (Å²) in [5.74, 6) is 0.911. The first-order valence-electron chi connectivity index (χ1n) is 28.5. The third kappa shape index (κ3) is 14.8. The molecule has 0 heterocycles. The Morgan fingerprint density at radius 2 is 0.595 bits per heavy atom. The number of hydrogen-bond donors (Lipinski definition) is 1. The smallest absolute Gasteiger partial charge is 0.150 e. The number of nitrogens with zero attached hydrogens (tertiary/aromatic N) is 2. The van der Waals surface area contributed by atoms with Crippen molar-refractivity contribution in [3.8, 4) is 0 Å². The molecule has 2 unspecified atom stereocenters. The van der Waals surface area contributed by atoms with Gasteiger partial charge in [-0.25, -0.2) is 0 Å². The molecule has 8 aromatic rings. The third-order valence-electron chi connectivity index (χ3n) is 15.4. The number of rotatable bonds is 13. The van der Waals surface area contributed by atoms with E-state index >= 15 is 0 Å². The predicted molar refractivity (Wildman–Crippen MR) is 339 cm³/mol. The van der Waals surface area contributed by atoms with Crippen LogP contribution in [0.4, 0.5) is 34.1 Å². The second-order valence-electron chi connectivity index (χ2n) is 27.2. The van der Waals surface area contributed by atoms with Crippen molar-refractivity contribution in [2.24, 2.45) is 11.3 Å². The van der Waals surface area contributed by atoms with Crippen molar-refractivity contribution in [2.75, 3.05) is 9.80 Å². The van der Waals surface area contributed by atoms with Crippen molar-refractivity contribution in [1.82, 2.24) is 0 Å². The molecule has 0 aliphatic carbocycles. The highest BCUT2D eigenvalue weighted by Gasteiger charge is 2.29. The molecular weight excluding hydrogens is 961 g/mol. The fraction of sp³-hybridized carbons (Fsp3) is 0.347. The van der Waals surface area contributed by atoms with Crippen LogP contribution in [0, 0.1) is 11.3 Å². The molecule has 0 bridgehead atoms. The van der Waals surface area contributed by atoms with E-state index in [4.69, 9.17) is 0 Å². The molecule has 0 spiro atoms. The second kappa shape index (κ2) is 24.2. The highest BCUT2D eigenvalue weighted by atomic mass is 16.3. The Balaban J connectivity index is 0.000000229. The van der Waals surface area contributed by atoms with Gasteiger partial charge in [0.15, 0.2) is 0 Å². The highest BCUT2D eigenvalue weighted by Crippen LogP contribution is 2.44. The quantitative estimate of drug-likeness (QED) is 0.117. The number of aliphatic hydroxyl groups excluding tert-OH is 1. The van der Waals surface area contributed by atoms with Crippen molar-refractivity contribution in [3.63, 3.8) is 0 Å². The highest BCUT2D eigenvalue weighted by molar-refractivity contribution is 5.79. The Bertz CT molecular complexity index is 3070. The molecular formula is C75H90N2O2. The number of hydrogen-bond acceptors (Lipinski definition) is 4. The summed E-state index contributed by atoms with van der Waals surface area (Å²) in [4.78, 5) is 15.8. The van der Waals surface area contributed by atoms with Gasteiger partial charge in [0.1, 0.15) is 6.29 Å². The van der Waals surface area contributed by atoms with Crippen LogP contribution in [0.1, 0.15) is 190 Å². The van der Waals surface area contributed by atoms with Crippen molar-refractivity contribution in [1.29, 1.82) is 0 Å². The summed E-state index contributed by atoms with van der Waals surface area (Å²) in [5.41, 5.74) is 19.3. The maximum atomic E-state index is 11.2. The molecule has 8 aromatic carbocycles. The lowest BCUT2D eigenvalue weighted by Gasteiger charge is -2.33. The van der Waals surface area contributed by atoms with Gasteiger partial charge in [-0.2, -0.15) is 0 Å². The number of carbonyl (C=O) groups is 1. The SMILES string of the molecule is CC(C)(C)c1ccc(N(c2ccc(C(c3ccc(CO)cc3)C(C)(C)C)cc2)c2ccc(C(C)(C)C)cc2)cc1.CC(C)C(c1ccc(C=O)cc1)c1ccc(N(c2ccc(C(C)(C)C)cc2)c2ccc(C(C)(C)C)cc2)cc1. The van der Waals surface area contributed by atoms with Crippen LogP contribution < -0.4 is 9.80 Å². The molecule has 0 saturated heterocycles. The van der Waals surface area contributed by atoms with Crippen LogP contribution in [-0.4, -0.2) is 11.4 Å². The lowest BCUT2D eigenvalue weighted by atomic mass is 9.72. The van der Waals surface area contributed by atoms with Crippen molar-refractivity contribution >= 4 is 40.4 Å². The summed E-state index contributed by atoms with van der Waals surface area (Å²) in [6.07, 6.45) is 0.902.